The van der Waals surface area contributed by atoms with Crippen molar-refractivity contribution in [2.24, 2.45) is 0 Å². The Balaban J connectivity index is 1.98. The normalized spacial score (nSPS) is 10.7. The first-order valence-corrected chi connectivity index (χ1v) is 6.80. The lowest BCUT2D eigenvalue weighted by Crippen LogP contribution is -2.24. The molecule has 0 amide bonds. The molecule has 0 spiro atoms. The minimum Gasteiger partial charge on any atom is -0.497 e. The number of hydrogen-bond donors (Lipinski definition) is 1. The molecule has 0 aliphatic carbocycles. The average molecular weight is 267 g/mol. The average Bonchev–Trinajstić information content (AvgIpc) is 2.42. The Bertz CT molecular complexity index is 325. The summed E-state index contributed by atoms with van der Waals surface area (Å²) < 4.78 is 16.1. The lowest BCUT2D eigenvalue weighted by Gasteiger charge is -2.09. The molecule has 0 fully saturated rings. The van der Waals surface area contributed by atoms with Crippen molar-refractivity contribution >= 4 is 0 Å². The first kappa shape index (κ1) is 15.8. The molecule has 0 aliphatic rings. The smallest absolute Gasteiger partial charge is 0.119 e. The summed E-state index contributed by atoms with van der Waals surface area (Å²) in [5, 5.41) is 3.35. The summed E-state index contributed by atoms with van der Waals surface area (Å²) in [6.45, 7) is 7.24. The van der Waals surface area contributed by atoms with Crippen molar-refractivity contribution in [3.63, 3.8) is 0 Å². The minimum absolute atomic E-state index is 0.540. The van der Waals surface area contributed by atoms with Gasteiger partial charge in [-0.15, -0.1) is 0 Å². The molecule has 0 unspecified atom stereocenters. The lowest BCUT2D eigenvalue weighted by atomic mass is 10.3. The first-order chi connectivity index (χ1) is 9.22. The summed E-state index contributed by atoms with van der Waals surface area (Å²) in [5.74, 6) is 1.67. The van der Waals surface area contributed by atoms with Crippen molar-refractivity contribution in [3.05, 3.63) is 24.3 Å². The fraction of sp³-hybridized carbons (Fsp3) is 0.600. The highest BCUT2D eigenvalue weighted by Crippen LogP contribution is 2.16. The van der Waals surface area contributed by atoms with E-state index in [0.717, 1.165) is 31.1 Å². The first-order valence-electron chi connectivity index (χ1n) is 6.80. The predicted molar refractivity (Wildman–Crippen MR) is 77.1 cm³/mol. The SMILES string of the molecule is COc1ccc(OCCOCCCNC(C)C)cc1. The van der Waals surface area contributed by atoms with Crippen LogP contribution in [0, 0.1) is 0 Å². The maximum atomic E-state index is 5.55. The zero-order valence-electron chi connectivity index (χ0n) is 12.1. The van der Waals surface area contributed by atoms with E-state index >= 15 is 0 Å². The standard InChI is InChI=1S/C15H25NO3/c1-13(2)16-9-4-10-18-11-12-19-15-7-5-14(17-3)6-8-15/h5-8,13,16H,4,9-12H2,1-3H3. The summed E-state index contributed by atoms with van der Waals surface area (Å²) >= 11 is 0. The number of benzene rings is 1. The molecule has 0 aromatic heterocycles. The summed E-state index contributed by atoms with van der Waals surface area (Å²) in [4.78, 5) is 0. The maximum absolute atomic E-state index is 5.55. The molecule has 4 heteroatoms. The topological polar surface area (TPSA) is 39.7 Å². The van der Waals surface area contributed by atoms with Crippen LogP contribution in [0.3, 0.4) is 0 Å². The van der Waals surface area contributed by atoms with Crippen LogP contribution in [0.2, 0.25) is 0 Å². The van der Waals surface area contributed by atoms with Crippen molar-refractivity contribution in [1.82, 2.24) is 5.32 Å². The maximum Gasteiger partial charge on any atom is 0.119 e. The zero-order chi connectivity index (χ0) is 13.9. The molecule has 4 nitrogen and oxygen atoms in total. The van der Waals surface area contributed by atoms with Gasteiger partial charge in [-0.3, -0.25) is 0 Å². The second-order valence-corrected chi connectivity index (χ2v) is 4.60. The van der Waals surface area contributed by atoms with Crippen molar-refractivity contribution < 1.29 is 14.2 Å². The summed E-state index contributed by atoms with van der Waals surface area (Å²) in [6.07, 6.45) is 1.03. The second kappa shape index (κ2) is 9.64. The van der Waals surface area contributed by atoms with Crippen LogP contribution in [-0.4, -0.2) is 39.5 Å². The van der Waals surface area contributed by atoms with Crippen LogP contribution < -0.4 is 14.8 Å². The van der Waals surface area contributed by atoms with Crippen LogP contribution in [0.4, 0.5) is 0 Å². The molecule has 0 bridgehead atoms. The van der Waals surface area contributed by atoms with E-state index in [9.17, 15) is 0 Å². The van der Waals surface area contributed by atoms with Crippen molar-refractivity contribution in [3.8, 4) is 11.5 Å². The molecule has 1 aromatic carbocycles. The molecule has 0 radical (unpaired) electrons. The molecule has 1 N–H and O–H groups in total. The molecular formula is C15H25NO3. The fourth-order valence-electron chi connectivity index (χ4n) is 1.56. The molecule has 0 saturated carbocycles. The van der Waals surface area contributed by atoms with Crippen molar-refractivity contribution in [1.29, 1.82) is 0 Å². The van der Waals surface area contributed by atoms with Gasteiger partial charge in [0.2, 0.25) is 0 Å². The fourth-order valence-corrected chi connectivity index (χ4v) is 1.56. The van der Waals surface area contributed by atoms with Gasteiger partial charge in [0.25, 0.3) is 0 Å². The van der Waals surface area contributed by atoms with Gasteiger partial charge in [0, 0.05) is 12.6 Å². The predicted octanol–water partition coefficient (Wildman–Crippen LogP) is 2.48. The number of hydrogen-bond acceptors (Lipinski definition) is 4. The van der Waals surface area contributed by atoms with Gasteiger partial charge in [-0.1, -0.05) is 13.8 Å². The van der Waals surface area contributed by atoms with Gasteiger partial charge < -0.3 is 19.5 Å². The number of rotatable bonds is 10. The molecule has 0 atom stereocenters. The van der Waals surface area contributed by atoms with E-state index < -0.39 is 0 Å². The third kappa shape index (κ3) is 7.70. The molecule has 1 aromatic rings. The molecule has 1 rings (SSSR count). The van der Waals surface area contributed by atoms with Crippen LogP contribution in [0.25, 0.3) is 0 Å². The molecule has 0 heterocycles. The van der Waals surface area contributed by atoms with Gasteiger partial charge in [-0.25, -0.2) is 0 Å². The Hall–Kier alpha value is -1.26. The van der Waals surface area contributed by atoms with Crippen LogP contribution >= 0.6 is 0 Å². The summed E-state index contributed by atoms with van der Waals surface area (Å²) in [6, 6.07) is 8.09. The largest absolute Gasteiger partial charge is 0.497 e. The van der Waals surface area contributed by atoms with E-state index in [2.05, 4.69) is 19.2 Å². The lowest BCUT2D eigenvalue weighted by molar-refractivity contribution is 0.0981. The Morgan fingerprint density at radius 1 is 1.00 bits per heavy atom. The van der Waals surface area contributed by atoms with E-state index in [1.165, 1.54) is 0 Å². The Morgan fingerprint density at radius 2 is 1.68 bits per heavy atom. The number of ether oxygens (including phenoxy) is 3. The highest BCUT2D eigenvalue weighted by atomic mass is 16.5. The van der Waals surface area contributed by atoms with E-state index in [1.54, 1.807) is 7.11 Å². The van der Waals surface area contributed by atoms with Gasteiger partial charge >= 0.3 is 0 Å². The third-order valence-corrected chi connectivity index (χ3v) is 2.57. The van der Waals surface area contributed by atoms with Crippen LogP contribution in [0.1, 0.15) is 20.3 Å². The van der Waals surface area contributed by atoms with Crippen molar-refractivity contribution in [2.75, 3.05) is 33.5 Å². The molecular weight excluding hydrogens is 242 g/mol. The third-order valence-electron chi connectivity index (χ3n) is 2.57. The van der Waals surface area contributed by atoms with Gasteiger partial charge in [-0.2, -0.15) is 0 Å². The Morgan fingerprint density at radius 3 is 2.32 bits per heavy atom. The van der Waals surface area contributed by atoms with E-state index in [4.69, 9.17) is 14.2 Å². The quantitative estimate of drug-likeness (QED) is 0.661. The summed E-state index contributed by atoms with van der Waals surface area (Å²) in [5.41, 5.74) is 0. The molecule has 108 valence electrons. The van der Waals surface area contributed by atoms with E-state index in [1.807, 2.05) is 24.3 Å². The van der Waals surface area contributed by atoms with Crippen LogP contribution in [0.15, 0.2) is 24.3 Å². The zero-order valence-corrected chi connectivity index (χ0v) is 12.1. The highest BCUT2D eigenvalue weighted by Gasteiger charge is 1.96. The Kier molecular flexibility index (Phi) is 8.02. The minimum atomic E-state index is 0.540. The summed E-state index contributed by atoms with van der Waals surface area (Å²) in [7, 11) is 1.65. The molecule has 19 heavy (non-hydrogen) atoms. The van der Waals surface area contributed by atoms with Gasteiger partial charge in [0.05, 0.1) is 13.7 Å². The van der Waals surface area contributed by atoms with E-state index in [-0.39, 0.29) is 0 Å². The van der Waals surface area contributed by atoms with Gasteiger partial charge in [-0.05, 0) is 37.2 Å². The monoisotopic (exact) mass is 267 g/mol. The van der Waals surface area contributed by atoms with Crippen LogP contribution in [0.5, 0.6) is 11.5 Å². The van der Waals surface area contributed by atoms with Gasteiger partial charge in [0.15, 0.2) is 0 Å². The number of nitrogens with one attached hydrogen (secondary N) is 1. The molecule has 0 saturated heterocycles. The Labute approximate surface area is 116 Å². The van der Waals surface area contributed by atoms with Gasteiger partial charge in [0.1, 0.15) is 18.1 Å². The van der Waals surface area contributed by atoms with Crippen molar-refractivity contribution in [2.45, 2.75) is 26.3 Å². The van der Waals surface area contributed by atoms with Crippen LogP contribution in [-0.2, 0) is 4.74 Å². The highest BCUT2D eigenvalue weighted by molar-refractivity contribution is 5.31. The number of methoxy groups -OCH3 is 1. The molecule has 0 aliphatic heterocycles. The van der Waals surface area contributed by atoms with E-state index in [0.29, 0.717) is 19.3 Å². The second-order valence-electron chi connectivity index (χ2n) is 4.60.